The summed E-state index contributed by atoms with van der Waals surface area (Å²) in [5.74, 6) is 0.176. The van der Waals surface area contributed by atoms with E-state index in [1.165, 1.54) is 0 Å². The summed E-state index contributed by atoms with van der Waals surface area (Å²) in [6.07, 6.45) is 1.10. The second-order valence-corrected chi connectivity index (χ2v) is 6.98. The number of rotatable bonds is 4. The van der Waals surface area contributed by atoms with Gasteiger partial charge in [-0.05, 0) is 17.7 Å². The van der Waals surface area contributed by atoms with E-state index in [2.05, 4.69) is 0 Å². The predicted molar refractivity (Wildman–Crippen MR) is 69.5 cm³/mol. The van der Waals surface area contributed by atoms with Crippen molar-refractivity contribution in [1.29, 1.82) is 5.26 Å². The van der Waals surface area contributed by atoms with Gasteiger partial charge in [0.25, 0.3) is 0 Å². The first-order chi connectivity index (χ1) is 8.90. The number of ether oxygens (including phenoxy) is 1. The Bertz CT molecular complexity index is 617. The molecule has 0 bridgehead atoms. The summed E-state index contributed by atoms with van der Waals surface area (Å²) in [7, 11) is -1.85. The standard InChI is InChI=1S/C13H15NO4S/c1-18-10-5-3-9(4-6-10)11-12(19(2,16)17)13(11,7-14)8-15/h3-6,11-12,15H,8H2,1-2H3/t11-,12+,13+/m1/s1. The van der Waals surface area contributed by atoms with Crippen molar-refractivity contribution in [2.75, 3.05) is 20.0 Å². The lowest BCUT2D eigenvalue weighted by atomic mass is 10.0. The molecule has 19 heavy (non-hydrogen) atoms. The quantitative estimate of drug-likeness (QED) is 0.878. The van der Waals surface area contributed by atoms with Gasteiger partial charge in [0.15, 0.2) is 9.84 Å². The number of hydrogen-bond acceptors (Lipinski definition) is 5. The van der Waals surface area contributed by atoms with Gasteiger partial charge in [0.05, 0.1) is 25.0 Å². The average Bonchev–Trinajstić information content (AvgIpc) is 3.09. The molecule has 1 aliphatic carbocycles. The van der Waals surface area contributed by atoms with Gasteiger partial charge in [0.1, 0.15) is 11.2 Å². The smallest absolute Gasteiger partial charge is 0.152 e. The van der Waals surface area contributed by atoms with Crippen LogP contribution in [0.5, 0.6) is 5.75 Å². The van der Waals surface area contributed by atoms with Crippen molar-refractivity contribution in [3.63, 3.8) is 0 Å². The Morgan fingerprint density at radius 1 is 1.42 bits per heavy atom. The largest absolute Gasteiger partial charge is 0.497 e. The third-order valence-electron chi connectivity index (χ3n) is 3.66. The molecule has 0 saturated heterocycles. The maximum atomic E-state index is 11.7. The highest BCUT2D eigenvalue weighted by Crippen LogP contribution is 2.62. The molecule has 5 nitrogen and oxygen atoms in total. The van der Waals surface area contributed by atoms with E-state index in [0.717, 1.165) is 11.8 Å². The minimum atomic E-state index is -3.39. The fourth-order valence-electron chi connectivity index (χ4n) is 2.67. The van der Waals surface area contributed by atoms with Gasteiger partial charge in [-0.3, -0.25) is 0 Å². The molecule has 1 aromatic rings. The molecular weight excluding hydrogens is 266 g/mol. The fraction of sp³-hybridized carbons (Fsp3) is 0.462. The minimum absolute atomic E-state index is 0.460. The fourth-order valence-corrected chi connectivity index (χ4v) is 4.53. The van der Waals surface area contributed by atoms with Crippen LogP contribution in [-0.2, 0) is 9.84 Å². The van der Waals surface area contributed by atoms with Gasteiger partial charge in [-0.15, -0.1) is 0 Å². The summed E-state index contributed by atoms with van der Waals surface area (Å²) >= 11 is 0. The lowest BCUT2D eigenvalue weighted by molar-refractivity contribution is 0.242. The summed E-state index contributed by atoms with van der Waals surface area (Å²) < 4.78 is 28.5. The average molecular weight is 281 g/mol. The number of sulfone groups is 1. The molecule has 0 spiro atoms. The minimum Gasteiger partial charge on any atom is -0.497 e. The SMILES string of the molecule is COc1ccc([C@@H]2[C@H](S(C)(=O)=O)[C@@]2(C#N)CO)cc1. The number of nitrogens with zero attached hydrogens (tertiary/aromatic N) is 1. The van der Waals surface area contributed by atoms with Crippen LogP contribution in [0.3, 0.4) is 0 Å². The zero-order valence-corrected chi connectivity index (χ0v) is 11.5. The number of benzene rings is 1. The van der Waals surface area contributed by atoms with Crippen molar-refractivity contribution in [2.45, 2.75) is 11.2 Å². The second-order valence-electron chi connectivity index (χ2n) is 4.81. The molecule has 1 aromatic carbocycles. The topological polar surface area (TPSA) is 87.4 Å². The van der Waals surface area contributed by atoms with E-state index >= 15 is 0 Å². The molecule has 1 fully saturated rings. The van der Waals surface area contributed by atoms with Gasteiger partial charge >= 0.3 is 0 Å². The van der Waals surface area contributed by atoms with Crippen LogP contribution in [0.4, 0.5) is 0 Å². The van der Waals surface area contributed by atoms with Crippen LogP contribution >= 0.6 is 0 Å². The Hall–Kier alpha value is -1.58. The molecular formula is C13H15NO4S. The predicted octanol–water partition coefficient (Wildman–Crippen LogP) is 0.708. The third-order valence-corrected chi connectivity index (χ3v) is 5.28. The van der Waals surface area contributed by atoms with Gasteiger partial charge in [-0.25, -0.2) is 8.42 Å². The zero-order valence-electron chi connectivity index (χ0n) is 10.7. The first-order valence-electron chi connectivity index (χ1n) is 5.75. The summed E-state index contributed by atoms with van der Waals surface area (Å²) in [5, 5.41) is 17.8. The number of hydrogen-bond donors (Lipinski definition) is 1. The number of aliphatic hydroxyl groups is 1. The Kier molecular flexibility index (Phi) is 3.29. The lowest BCUT2D eigenvalue weighted by Gasteiger charge is -2.04. The van der Waals surface area contributed by atoms with E-state index in [1.54, 1.807) is 31.4 Å². The molecule has 1 aliphatic rings. The van der Waals surface area contributed by atoms with E-state index in [4.69, 9.17) is 4.74 Å². The molecule has 3 atom stereocenters. The molecule has 1 N–H and O–H groups in total. The van der Waals surface area contributed by atoms with Gasteiger partial charge in [0, 0.05) is 12.2 Å². The summed E-state index contributed by atoms with van der Waals surface area (Å²) in [6.45, 7) is -0.460. The van der Waals surface area contributed by atoms with Crippen LogP contribution < -0.4 is 4.74 Å². The van der Waals surface area contributed by atoms with Crippen molar-refractivity contribution in [3.8, 4) is 11.8 Å². The Labute approximate surface area is 112 Å². The third kappa shape index (κ3) is 2.09. The lowest BCUT2D eigenvalue weighted by Crippen LogP contribution is -2.16. The van der Waals surface area contributed by atoms with Gasteiger partial charge in [-0.1, -0.05) is 12.1 Å². The van der Waals surface area contributed by atoms with Crippen LogP contribution in [0.25, 0.3) is 0 Å². The maximum absolute atomic E-state index is 11.7. The van der Waals surface area contributed by atoms with E-state index in [-0.39, 0.29) is 0 Å². The summed E-state index contributed by atoms with van der Waals surface area (Å²) in [6, 6.07) is 8.87. The number of aliphatic hydroxyl groups excluding tert-OH is 1. The first kappa shape index (κ1) is 13.8. The maximum Gasteiger partial charge on any atom is 0.152 e. The highest BCUT2D eigenvalue weighted by atomic mass is 32.2. The van der Waals surface area contributed by atoms with Crippen molar-refractivity contribution >= 4 is 9.84 Å². The van der Waals surface area contributed by atoms with Crippen LogP contribution in [0, 0.1) is 16.7 Å². The van der Waals surface area contributed by atoms with E-state index < -0.39 is 33.0 Å². The van der Waals surface area contributed by atoms with E-state index in [0.29, 0.717) is 5.75 Å². The molecule has 0 aliphatic heterocycles. The molecule has 6 heteroatoms. The Balaban J connectivity index is 2.41. The molecule has 0 unspecified atom stereocenters. The van der Waals surface area contributed by atoms with E-state index in [1.807, 2.05) is 6.07 Å². The van der Waals surface area contributed by atoms with Crippen molar-refractivity contribution in [2.24, 2.45) is 5.41 Å². The van der Waals surface area contributed by atoms with Crippen LogP contribution in [-0.4, -0.2) is 38.7 Å². The molecule has 0 aromatic heterocycles. The van der Waals surface area contributed by atoms with Crippen LogP contribution in [0.2, 0.25) is 0 Å². The van der Waals surface area contributed by atoms with Crippen molar-refractivity contribution in [1.82, 2.24) is 0 Å². The molecule has 102 valence electrons. The molecule has 0 radical (unpaired) electrons. The van der Waals surface area contributed by atoms with Crippen molar-refractivity contribution < 1.29 is 18.3 Å². The molecule has 2 rings (SSSR count). The monoisotopic (exact) mass is 281 g/mol. The highest BCUT2D eigenvalue weighted by Gasteiger charge is 2.70. The Morgan fingerprint density at radius 2 is 2.00 bits per heavy atom. The molecule has 0 heterocycles. The van der Waals surface area contributed by atoms with Crippen molar-refractivity contribution in [3.05, 3.63) is 29.8 Å². The van der Waals surface area contributed by atoms with Gasteiger partial charge < -0.3 is 9.84 Å². The summed E-state index contributed by atoms with van der Waals surface area (Å²) in [4.78, 5) is 0. The molecule has 1 saturated carbocycles. The van der Waals surface area contributed by atoms with E-state index in [9.17, 15) is 18.8 Å². The highest BCUT2D eigenvalue weighted by molar-refractivity contribution is 7.91. The molecule has 0 amide bonds. The van der Waals surface area contributed by atoms with Crippen LogP contribution in [0.1, 0.15) is 11.5 Å². The van der Waals surface area contributed by atoms with Crippen LogP contribution in [0.15, 0.2) is 24.3 Å². The normalized spacial score (nSPS) is 29.6. The van der Waals surface area contributed by atoms with Gasteiger partial charge in [-0.2, -0.15) is 5.26 Å². The number of methoxy groups -OCH3 is 1. The second kappa shape index (κ2) is 4.51. The summed E-state index contributed by atoms with van der Waals surface area (Å²) in [5.41, 5.74) is -0.492. The first-order valence-corrected chi connectivity index (χ1v) is 7.71. The number of nitriles is 1. The zero-order chi connectivity index (χ0) is 14.3. The Morgan fingerprint density at radius 3 is 2.32 bits per heavy atom. The van der Waals surface area contributed by atoms with Gasteiger partial charge in [0.2, 0.25) is 0 Å².